The molecule has 5 rings (SSSR count). The minimum atomic E-state index is -3.18. The lowest BCUT2D eigenvalue weighted by Crippen LogP contribution is -2.27. The van der Waals surface area contributed by atoms with Crippen LogP contribution in [-0.4, -0.2) is 42.6 Å². The molecule has 1 N–H and O–H groups in total. The summed E-state index contributed by atoms with van der Waals surface area (Å²) in [6, 6.07) is 14.4. The number of hydrogen-bond donors (Lipinski definition) is 1. The molecular weight excluding hydrogens is 624 g/mol. The molecule has 0 bridgehead atoms. The first-order valence-corrected chi connectivity index (χ1v) is 16.7. The van der Waals surface area contributed by atoms with Crippen molar-refractivity contribution in [1.29, 1.82) is 0 Å². The lowest BCUT2D eigenvalue weighted by Gasteiger charge is -2.30. The number of halogens is 3. The monoisotopic (exact) mass is 657 g/mol. The van der Waals surface area contributed by atoms with Gasteiger partial charge in [0.2, 0.25) is 0 Å². The summed E-state index contributed by atoms with van der Waals surface area (Å²) < 4.78 is 70.5. The van der Waals surface area contributed by atoms with Gasteiger partial charge in [-0.25, -0.2) is 27.2 Å². The van der Waals surface area contributed by atoms with Crippen molar-refractivity contribution in [3.05, 3.63) is 101 Å². The van der Waals surface area contributed by atoms with Gasteiger partial charge < -0.3 is 19.5 Å². The van der Waals surface area contributed by atoms with Gasteiger partial charge in [0.1, 0.15) is 41.7 Å². The van der Waals surface area contributed by atoms with Crippen LogP contribution in [0.3, 0.4) is 0 Å². The Kier molecular flexibility index (Phi) is 10.2. The highest BCUT2D eigenvalue weighted by molar-refractivity contribution is 7.91. The Labute approximate surface area is 266 Å². The summed E-state index contributed by atoms with van der Waals surface area (Å²) in [6.07, 6.45) is 6.20. The van der Waals surface area contributed by atoms with Gasteiger partial charge in [-0.15, -0.1) is 0 Å². The van der Waals surface area contributed by atoms with Crippen molar-refractivity contribution in [2.45, 2.75) is 50.6 Å². The van der Waals surface area contributed by atoms with E-state index in [4.69, 9.17) is 25.8 Å². The standard InChI is InChI=1S/C33H34ClF2N3O5S/c1-22(2)45(40,41)15-14-42-12-4-10-33(11-5-13-44-33)27-18-26-30(19-29(27)36)37-21-38-32(26)39-25-8-9-31(28(34)17-25)43-20-23-6-3-7-24(35)16-23/h3,5-9,13,16-19,21-22H,4,10-12,14-15,20H2,1-2H3,(H,37,38,39). The summed E-state index contributed by atoms with van der Waals surface area (Å²) in [6.45, 7) is 3.86. The third kappa shape index (κ3) is 7.89. The van der Waals surface area contributed by atoms with Crippen molar-refractivity contribution in [2.24, 2.45) is 0 Å². The highest BCUT2D eigenvalue weighted by Crippen LogP contribution is 2.42. The van der Waals surface area contributed by atoms with Crippen LogP contribution in [-0.2, 0) is 31.5 Å². The number of hydrogen-bond acceptors (Lipinski definition) is 8. The van der Waals surface area contributed by atoms with Gasteiger partial charge in [-0.1, -0.05) is 23.7 Å². The van der Waals surface area contributed by atoms with E-state index in [1.165, 1.54) is 24.5 Å². The predicted molar refractivity (Wildman–Crippen MR) is 170 cm³/mol. The lowest BCUT2D eigenvalue weighted by molar-refractivity contribution is 0.0181. The lowest BCUT2D eigenvalue weighted by atomic mass is 9.85. The second-order valence-electron chi connectivity index (χ2n) is 11.1. The van der Waals surface area contributed by atoms with E-state index in [1.807, 2.05) is 6.08 Å². The molecule has 1 aliphatic rings. The topological polar surface area (TPSA) is 99.6 Å². The van der Waals surface area contributed by atoms with Gasteiger partial charge in [0.05, 0.1) is 34.4 Å². The zero-order chi connectivity index (χ0) is 32.0. The van der Waals surface area contributed by atoms with Crippen LogP contribution in [0.4, 0.5) is 20.3 Å². The zero-order valence-electron chi connectivity index (χ0n) is 24.9. The van der Waals surface area contributed by atoms with E-state index >= 15 is 4.39 Å². The molecular formula is C33H34ClF2N3O5S. The van der Waals surface area contributed by atoms with Gasteiger partial charge in [0.25, 0.3) is 0 Å². The molecule has 1 aliphatic heterocycles. The van der Waals surface area contributed by atoms with Crippen LogP contribution in [0, 0.1) is 11.6 Å². The Balaban J connectivity index is 1.30. The number of anilines is 2. The molecule has 1 aromatic heterocycles. The predicted octanol–water partition coefficient (Wildman–Crippen LogP) is 7.63. The van der Waals surface area contributed by atoms with Gasteiger partial charge in [-0.05, 0) is 74.7 Å². The minimum absolute atomic E-state index is 0.0428. The fourth-order valence-electron chi connectivity index (χ4n) is 5.05. The van der Waals surface area contributed by atoms with Gasteiger partial charge in [-0.3, -0.25) is 0 Å². The largest absolute Gasteiger partial charge is 0.490 e. The molecule has 0 amide bonds. The summed E-state index contributed by atoms with van der Waals surface area (Å²) in [7, 11) is -3.18. The maximum Gasteiger partial charge on any atom is 0.154 e. The van der Waals surface area contributed by atoms with Crippen molar-refractivity contribution in [3.8, 4) is 5.75 Å². The fraction of sp³-hybridized carbons (Fsp3) is 0.333. The Bertz CT molecular complexity index is 1790. The number of fused-ring (bicyclic) bond motifs is 1. The Morgan fingerprint density at radius 2 is 1.93 bits per heavy atom. The third-order valence-corrected chi connectivity index (χ3v) is 10.1. The van der Waals surface area contributed by atoms with Crippen molar-refractivity contribution in [2.75, 3.05) is 24.3 Å². The second kappa shape index (κ2) is 14.1. The number of rotatable bonds is 14. The van der Waals surface area contributed by atoms with E-state index in [9.17, 15) is 12.8 Å². The molecule has 0 saturated carbocycles. The average molecular weight is 658 g/mol. The van der Waals surface area contributed by atoms with Crippen LogP contribution in [0.5, 0.6) is 5.75 Å². The first-order valence-electron chi connectivity index (χ1n) is 14.6. The summed E-state index contributed by atoms with van der Waals surface area (Å²) in [5.41, 5.74) is 1.11. The van der Waals surface area contributed by atoms with Gasteiger partial charge in [-0.2, -0.15) is 0 Å². The molecule has 3 aromatic carbocycles. The molecule has 0 radical (unpaired) electrons. The van der Waals surface area contributed by atoms with Gasteiger partial charge in [0.15, 0.2) is 9.84 Å². The van der Waals surface area contributed by atoms with Crippen LogP contribution in [0.15, 0.2) is 73.3 Å². The van der Waals surface area contributed by atoms with Crippen LogP contribution < -0.4 is 10.1 Å². The van der Waals surface area contributed by atoms with Crippen LogP contribution in [0.25, 0.3) is 10.9 Å². The highest BCUT2D eigenvalue weighted by atomic mass is 35.5. The van der Waals surface area contributed by atoms with E-state index < -0.39 is 26.5 Å². The normalized spacial score (nSPS) is 16.3. The van der Waals surface area contributed by atoms with E-state index in [0.29, 0.717) is 70.2 Å². The fourth-order valence-corrected chi connectivity index (χ4v) is 6.11. The quantitative estimate of drug-likeness (QED) is 0.138. The molecule has 12 heteroatoms. The summed E-state index contributed by atoms with van der Waals surface area (Å²) in [5.74, 6) is 0.0363. The van der Waals surface area contributed by atoms with Crippen molar-refractivity contribution in [3.63, 3.8) is 0 Å². The molecule has 0 saturated heterocycles. The summed E-state index contributed by atoms with van der Waals surface area (Å²) in [5, 5.41) is 3.72. The third-order valence-electron chi connectivity index (χ3n) is 7.63. The maximum absolute atomic E-state index is 15.6. The van der Waals surface area contributed by atoms with Crippen LogP contribution >= 0.6 is 11.6 Å². The number of benzene rings is 3. The van der Waals surface area contributed by atoms with E-state index in [0.717, 1.165) is 0 Å². The van der Waals surface area contributed by atoms with E-state index in [-0.39, 0.29) is 24.8 Å². The number of nitrogens with one attached hydrogen (secondary N) is 1. The van der Waals surface area contributed by atoms with Gasteiger partial charge in [0, 0.05) is 35.7 Å². The Morgan fingerprint density at radius 1 is 1.09 bits per heavy atom. The highest BCUT2D eigenvalue weighted by Gasteiger charge is 2.38. The van der Waals surface area contributed by atoms with Crippen LogP contribution in [0.1, 0.15) is 44.2 Å². The molecule has 8 nitrogen and oxygen atoms in total. The number of nitrogens with zero attached hydrogens (tertiary/aromatic N) is 2. The first kappa shape index (κ1) is 32.6. The van der Waals surface area contributed by atoms with Crippen molar-refractivity contribution >= 4 is 43.8 Å². The van der Waals surface area contributed by atoms with Crippen molar-refractivity contribution < 1.29 is 31.4 Å². The SMILES string of the molecule is CC(C)S(=O)(=O)CCOCCCC1(c2cc3c(Nc4ccc(OCc5cccc(F)c5)c(Cl)c4)ncnc3cc2F)CC=CO1. The molecule has 1 unspecified atom stereocenters. The second-order valence-corrected chi connectivity index (χ2v) is 14.2. The van der Waals surface area contributed by atoms with Gasteiger partial charge >= 0.3 is 0 Å². The van der Waals surface area contributed by atoms with Crippen molar-refractivity contribution in [1.82, 2.24) is 9.97 Å². The first-order chi connectivity index (χ1) is 21.6. The molecule has 0 aliphatic carbocycles. The summed E-state index contributed by atoms with van der Waals surface area (Å²) in [4.78, 5) is 8.67. The summed E-state index contributed by atoms with van der Waals surface area (Å²) >= 11 is 6.49. The molecule has 0 fully saturated rings. The number of ether oxygens (including phenoxy) is 3. The smallest absolute Gasteiger partial charge is 0.154 e. The molecule has 45 heavy (non-hydrogen) atoms. The Hall–Kier alpha value is -3.80. The average Bonchev–Trinajstić information content (AvgIpc) is 3.48. The molecule has 238 valence electrons. The van der Waals surface area contributed by atoms with E-state index in [2.05, 4.69) is 15.3 Å². The number of aromatic nitrogens is 2. The molecule has 4 aromatic rings. The molecule has 2 heterocycles. The van der Waals surface area contributed by atoms with E-state index in [1.54, 1.807) is 56.5 Å². The molecule has 1 atom stereocenters. The molecule has 0 spiro atoms. The zero-order valence-corrected chi connectivity index (χ0v) is 26.5. The maximum atomic E-state index is 15.6. The number of sulfone groups is 1. The van der Waals surface area contributed by atoms with Crippen LogP contribution in [0.2, 0.25) is 5.02 Å². The Morgan fingerprint density at radius 3 is 2.67 bits per heavy atom. The minimum Gasteiger partial charge on any atom is -0.490 e.